The molecule has 2 atom stereocenters. The lowest BCUT2D eigenvalue weighted by molar-refractivity contribution is 0.0301. The van der Waals surface area contributed by atoms with Gasteiger partial charge in [0.05, 0.1) is 10.7 Å². The average molecular weight is 293 g/mol. The third-order valence-corrected chi connectivity index (χ3v) is 5.75. The Balaban J connectivity index is 1.62. The summed E-state index contributed by atoms with van der Waals surface area (Å²) in [6.45, 7) is 11.9. The molecular weight excluding hydrogens is 266 g/mol. The first kappa shape index (κ1) is 14.5. The van der Waals surface area contributed by atoms with Gasteiger partial charge < -0.3 is 0 Å². The topological polar surface area (TPSA) is 19.4 Å². The minimum atomic E-state index is 0.726. The van der Waals surface area contributed by atoms with E-state index in [2.05, 4.69) is 40.9 Å². The number of rotatable bonds is 4. The summed E-state index contributed by atoms with van der Waals surface area (Å²) in [5.41, 5.74) is 1.28. The number of aryl methyl sites for hydroxylation is 1. The third kappa shape index (κ3) is 3.07. The van der Waals surface area contributed by atoms with Gasteiger partial charge >= 0.3 is 0 Å². The van der Waals surface area contributed by atoms with Crippen LogP contribution in [0.3, 0.4) is 0 Å². The van der Waals surface area contributed by atoms with Crippen molar-refractivity contribution in [3.05, 3.63) is 16.1 Å². The second-order valence-corrected chi connectivity index (χ2v) is 7.77. The molecule has 3 heterocycles. The second kappa shape index (κ2) is 6.12. The van der Waals surface area contributed by atoms with Crippen LogP contribution < -0.4 is 0 Å². The van der Waals surface area contributed by atoms with Gasteiger partial charge in [-0.05, 0) is 32.2 Å². The number of thiazole rings is 1. The van der Waals surface area contributed by atoms with Gasteiger partial charge in [-0.1, -0.05) is 13.8 Å². The normalized spacial score (nSPS) is 28.2. The smallest absolute Gasteiger partial charge is 0.0897 e. The summed E-state index contributed by atoms with van der Waals surface area (Å²) in [5, 5.41) is 3.42. The van der Waals surface area contributed by atoms with Gasteiger partial charge in [0.2, 0.25) is 0 Å². The molecule has 3 nitrogen and oxygen atoms in total. The van der Waals surface area contributed by atoms with Crippen LogP contribution in [-0.2, 0) is 6.42 Å². The van der Waals surface area contributed by atoms with Gasteiger partial charge in [-0.15, -0.1) is 11.3 Å². The molecule has 0 amide bonds. The number of nitrogens with zero attached hydrogens (tertiary/aromatic N) is 3. The summed E-state index contributed by atoms with van der Waals surface area (Å²) in [7, 11) is 0. The van der Waals surface area contributed by atoms with E-state index >= 15 is 0 Å². The Morgan fingerprint density at radius 3 is 2.95 bits per heavy atom. The molecule has 0 aromatic carbocycles. The molecule has 0 bridgehead atoms. The molecule has 0 spiro atoms. The number of aromatic nitrogens is 1. The standard InChI is InChI=1S/C16H27N3S/c1-12(2)16-10-18-7-4-5-15(18)9-19(16)8-6-14-11-20-13(3)17-14/h11-12,15-16H,4-10H2,1-3H3. The van der Waals surface area contributed by atoms with Crippen LogP contribution in [0.4, 0.5) is 0 Å². The Morgan fingerprint density at radius 2 is 2.25 bits per heavy atom. The Hall–Kier alpha value is -0.450. The lowest BCUT2D eigenvalue weighted by Gasteiger charge is -2.45. The first-order valence-corrected chi connectivity index (χ1v) is 8.90. The molecule has 1 aromatic rings. The van der Waals surface area contributed by atoms with E-state index in [1.165, 1.54) is 49.7 Å². The highest BCUT2D eigenvalue weighted by Crippen LogP contribution is 2.27. The van der Waals surface area contributed by atoms with Crippen molar-refractivity contribution >= 4 is 11.3 Å². The molecule has 2 aliphatic rings. The Morgan fingerprint density at radius 1 is 1.40 bits per heavy atom. The Bertz CT molecular complexity index is 443. The van der Waals surface area contributed by atoms with Crippen molar-refractivity contribution in [2.45, 2.75) is 52.1 Å². The van der Waals surface area contributed by atoms with E-state index in [0.29, 0.717) is 0 Å². The molecule has 0 saturated carbocycles. The maximum Gasteiger partial charge on any atom is 0.0897 e. The number of fused-ring (bicyclic) bond motifs is 1. The van der Waals surface area contributed by atoms with Crippen molar-refractivity contribution < 1.29 is 0 Å². The zero-order valence-corrected chi connectivity index (χ0v) is 13.8. The summed E-state index contributed by atoms with van der Waals surface area (Å²) >= 11 is 1.78. The van der Waals surface area contributed by atoms with E-state index in [1.807, 2.05) is 0 Å². The lowest BCUT2D eigenvalue weighted by atomic mass is 9.97. The summed E-state index contributed by atoms with van der Waals surface area (Å²) in [6.07, 6.45) is 3.91. The highest BCUT2D eigenvalue weighted by Gasteiger charge is 2.37. The first-order chi connectivity index (χ1) is 9.63. The molecule has 2 aliphatic heterocycles. The fourth-order valence-corrected chi connectivity index (χ4v) is 4.42. The molecule has 4 heteroatoms. The molecule has 2 unspecified atom stereocenters. The van der Waals surface area contributed by atoms with Crippen LogP contribution in [0.15, 0.2) is 5.38 Å². The van der Waals surface area contributed by atoms with Crippen LogP contribution in [-0.4, -0.2) is 53.0 Å². The van der Waals surface area contributed by atoms with Gasteiger partial charge in [-0.2, -0.15) is 0 Å². The minimum Gasteiger partial charge on any atom is -0.298 e. The van der Waals surface area contributed by atoms with Crippen molar-refractivity contribution in [1.82, 2.24) is 14.8 Å². The Labute approximate surface area is 127 Å². The van der Waals surface area contributed by atoms with Crippen molar-refractivity contribution in [1.29, 1.82) is 0 Å². The van der Waals surface area contributed by atoms with Crippen LogP contribution >= 0.6 is 11.3 Å². The van der Waals surface area contributed by atoms with Gasteiger partial charge in [0.1, 0.15) is 0 Å². The molecule has 0 radical (unpaired) electrons. The van der Waals surface area contributed by atoms with E-state index in [0.717, 1.165) is 24.4 Å². The fraction of sp³-hybridized carbons (Fsp3) is 0.812. The molecule has 20 heavy (non-hydrogen) atoms. The lowest BCUT2D eigenvalue weighted by Crippen LogP contribution is -2.58. The van der Waals surface area contributed by atoms with Crippen LogP contribution in [0.5, 0.6) is 0 Å². The van der Waals surface area contributed by atoms with Crippen LogP contribution in [0.1, 0.15) is 37.4 Å². The van der Waals surface area contributed by atoms with Gasteiger partial charge in [-0.25, -0.2) is 4.98 Å². The summed E-state index contributed by atoms with van der Waals surface area (Å²) in [5.74, 6) is 0.744. The van der Waals surface area contributed by atoms with E-state index in [4.69, 9.17) is 0 Å². The Kier molecular flexibility index (Phi) is 4.43. The van der Waals surface area contributed by atoms with Gasteiger partial charge in [0.15, 0.2) is 0 Å². The average Bonchev–Trinajstić information content (AvgIpc) is 3.03. The predicted octanol–water partition coefficient (Wildman–Crippen LogP) is 2.80. The quantitative estimate of drug-likeness (QED) is 0.851. The summed E-state index contributed by atoms with van der Waals surface area (Å²) in [4.78, 5) is 10.1. The molecule has 1 aromatic heterocycles. The van der Waals surface area contributed by atoms with Gasteiger partial charge in [0, 0.05) is 43.5 Å². The number of hydrogen-bond donors (Lipinski definition) is 0. The van der Waals surface area contributed by atoms with Crippen LogP contribution in [0.25, 0.3) is 0 Å². The van der Waals surface area contributed by atoms with Gasteiger partial charge in [0.25, 0.3) is 0 Å². The van der Waals surface area contributed by atoms with Crippen molar-refractivity contribution in [3.63, 3.8) is 0 Å². The van der Waals surface area contributed by atoms with Crippen LogP contribution in [0, 0.1) is 12.8 Å². The highest BCUT2D eigenvalue weighted by atomic mass is 32.1. The van der Waals surface area contributed by atoms with E-state index in [9.17, 15) is 0 Å². The zero-order chi connectivity index (χ0) is 14.1. The predicted molar refractivity (Wildman–Crippen MR) is 85.3 cm³/mol. The second-order valence-electron chi connectivity index (χ2n) is 6.71. The van der Waals surface area contributed by atoms with E-state index in [-0.39, 0.29) is 0 Å². The maximum atomic E-state index is 4.61. The van der Waals surface area contributed by atoms with Crippen molar-refractivity contribution in [2.24, 2.45) is 5.92 Å². The van der Waals surface area contributed by atoms with Crippen molar-refractivity contribution in [3.8, 4) is 0 Å². The molecule has 2 saturated heterocycles. The number of hydrogen-bond acceptors (Lipinski definition) is 4. The minimum absolute atomic E-state index is 0.726. The summed E-state index contributed by atoms with van der Waals surface area (Å²) < 4.78 is 0. The van der Waals surface area contributed by atoms with Gasteiger partial charge in [-0.3, -0.25) is 9.80 Å². The van der Waals surface area contributed by atoms with E-state index in [1.54, 1.807) is 11.3 Å². The fourth-order valence-electron chi connectivity index (χ4n) is 3.77. The largest absolute Gasteiger partial charge is 0.298 e. The maximum absolute atomic E-state index is 4.61. The zero-order valence-electron chi connectivity index (χ0n) is 13.0. The first-order valence-electron chi connectivity index (χ1n) is 8.02. The highest BCUT2D eigenvalue weighted by molar-refractivity contribution is 7.09. The molecule has 0 N–H and O–H groups in total. The molecule has 0 aliphatic carbocycles. The molecule has 2 fully saturated rings. The molecule has 3 rings (SSSR count). The molecular formula is C16H27N3S. The molecule has 112 valence electrons. The third-order valence-electron chi connectivity index (χ3n) is 4.93. The number of piperazine rings is 1. The van der Waals surface area contributed by atoms with Crippen molar-refractivity contribution in [2.75, 3.05) is 26.2 Å². The summed E-state index contributed by atoms with van der Waals surface area (Å²) in [6, 6.07) is 1.55. The van der Waals surface area contributed by atoms with E-state index < -0.39 is 0 Å². The van der Waals surface area contributed by atoms with Crippen LogP contribution in [0.2, 0.25) is 0 Å². The SMILES string of the molecule is Cc1nc(CCN2CC3CCCN3CC2C(C)C)cs1. The monoisotopic (exact) mass is 293 g/mol.